The van der Waals surface area contributed by atoms with Crippen LogP contribution in [0.2, 0.25) is 5.02 Å². The number of halogens is 2. The van der Waals surface area contributed by atoms with E-state index in [0.717, 1.165) is 30.0 Å². The molecule has 3 aromatic carbocycles. The zero-order valence-corrected chi connectivity index (χ0v) is 19.0. The van der Waals surface area contributed by atoms with Gasteiger partial charge in [-0.1, -0.05) is 53.7 Å². The first-order chi connectivity index (χ1) is 16.3. The number of benzene rings is 3. The van der Waals surface area contributed by atoms with Crippen molar-refractivity contribution >= 4 is 51.5 Å². The lowest BCUT2D eigenvalue weighted by atomic mass is 10.2. The van der Waals surface area contributed by atoms with E-state index in [2.05, 4.69) is 10.3 Å². The molecule has 4 rings (SSSR count). The highest BCUT2D eigenvalue weighted by molar-refractivity contribution is 7.99. The molecular weight excluding hydrogens is 483 g/mol. The third-order valence-electron chi connectivity index (χ3n) is 4.88. The second-order valence-corrected chi connectivity index (χ2v) is 8.50. The van der Waals surface area contributed by atoms with Gasteiger partial charge < -0.3 is 5.32 Å². The van der Waals surface area contributed by atoms with Crippen LogP contribution in [-0.4, -0.2) is 26.1 Å². The molecule has 0 aliphatic carbocycles. The van der Waals surface area contributed by atoms with Gasteiger partial charge in [-0.15, -0.1) is 0 Å². The maximum atomic E-state index is 14.0. The number of nitrogens with one attached hydrogen (secondary N) is 1. The zero-order chi connectivity index (χ0) is 24.2. The average molecular weight is 499 g/mol. The van der Waals surface area contributed by atoms with Crippen LogP contribution < -0.4 is 10.9 Å². The average Bonchev–Trinajstić information content (AvgIpc) is 2.82. The lowest BCUT2D eigenvalue weighted by molar-refractivity contribution is -0.384. The number of fused-ring (bicyclic) bond motifs is 1. The minimum atomic E-state index is -0.802. The summed E-state index contributed by atoms with van der Waals surface area (Å²) >= 11 is 7.26. The normalized spacial score (nSPS) is 10.9. The minimum Gasteiger partial charge on any atom is -0.323 e. The molecule has 1 amide bonds. The molecule has 0 aliphatic heterocycles. The summed E-state index contributed by atoms with van der Waals surface area (Å²) in [5.41, 5.74) is 0.218. The van der Waals surface area contributed by atoms with Crippen LogP contribution in [0.1, 0.15) is 5.56 Å². The first kappa shape index (κ1) is 23.4. The monoisotopic (exact) mass is 498 g/mol. The fourth-order valence-corrected chi connectivity index (χ4v) is 4.23. The van der Waals surface area contributed by atoms with E-state index in [0.29, 0.717) is 21.5 Å². The number of rotatable bonds is 7. The Balaban J connectivity index is 1.62. The van der Waals surface area contributed by atoms with E-state index in [1.807, 2.05) is 0 Å². The molecule has 0 saturated carbocycles. The van der Waals surface area contributed by atoms with E-state index in [9.17, 15) is 24.1 Å². The lowest BCUT2D eigenvalue weighted by Gasteiger charge is -2.14. The number of anilines is 1. The Kier molecular flexibility index (Phi) is 6.90. The van der Waals surface area contributed by atoms with Gasteiger partial charge in [0.2, 0.25) is 5.91 Å². The number of hydrogen-bond acceptors (Lipinski definition) is 6. The van der Waals surface area contributed by atoms with Crippen LogP contribution in [0.3, 0.4) is 0 Å². The third kappa shape index (κ3) is 5.08. The minimum absolute atomic E-state index is 0.139. The summed E-state index contributed by atoms with van der Waals surface area (Å²) in [6, 6.07) is 16.8. The highest BCUT2D eigenvalue weighted by Gasteiger charge is 2.17. The first-order valence-electron chi connectivity index (χ1n) is 9.93. The molecule has 0 fully saturated rings. The van der Waals surface area contributed by atoms with Crippen molar-refractivity contribution in [3.63, 3.8) is 0 Å². The fourth-order valence-electron chi connectivity index (χ4n) is 3.23. The molecule has 0 aliphatic rings. The summed E-state index contributed by atoms with van der Waals surface area (Å²) in [5, 5.41) is 14.4. The molecule has 0 spiro atoms. The van der Waals surface area contributed by atoms with Crippen molar-refractivity contribution in [1.82, 2.24) is 9.55 Å². The first-order valence-corrected chi connectivity index (χ1v) is 11.3. The number of nitro benzene ring substituents is 1. The standard InChI is InChI=1S/C23H16ClFN4O4S/c24-17-7-3-1-5-14(17)12-28-22(31)16-6-2-4-8-19(16)27-23(28)34-13-21(30)26-20-11-15(29(32)33)9-10-18(20)25/h1-11H,12-13H2,(H,26,30). The van der Waals surface area contributed by atoms with Crippen molar-refractivity contribution < 1.29 is 14.1 Å². The van der Waals surface area contributed by atoms with E-state index >= 15 is 0 Å². The molecule has 172 valence electrons. The Morgan fingerprint density at radius 1 is 1.15 bits per heavy atom. The molecule has 1 heterocycles. The third-order valence-corrected chi connectivity index (χ3v) is 6.23. The molecule has 0 saturated heterocycles. The Morgan fingerprint density at radius 2 is 1.88 bits per heavy atom. The van der Waals surface area contributed by atoms with Gasteiger partial charge in [-0.25, -0.2) is 9.37 Å². The number of non-ortho nitro benzene ring substituents is 1. The summed E-state index contributed by atoms with van der Waals surface area (Å²) in [6.07, 6.45) is 0. The number of nitro groups is 1. The summed E-state index contributed by atoms with van der Waals surface area (Å²) in [6.45, 7) is 0.139. The maximum Gasteiger partial charge on any atom is 0.271 e. The molecule has 0 atom stereocenters. The van der Waals surface area contributed by atoms with Crippen molar-refractivity contribution in [2.45, 2.75) is 11.7 Å². The number of hydrogen-bond donors (Lipinski definition) is 1. The van der Waals surface area contributed by atoms with Crippen LogP contribution >= 0.6 is 23.4 Å². The molecule has 34 heavy (non-hydrogen) atoms. The predicted molar refractivity (Wildman–Crippen MR) is 129 cm³/mol. The molecular formula is C23H16ClFN4O4S. The largest absolute Gasteiger partial charge is 0.323 e. The van der Waals surface area contributed by atoms with Gasteiger partial charge >= 0.3 is 0 Å². The van der Waals surface area contributed by atoms with Gasteiger partial charge in [0.15, 0.2) is 5.16 Å². The molecule has 0 bridgehead atoms. The van der Waals surface area contributed by atoms with Gasteiger partial charge in [-0.3, -0.25) is 24.3 Å². The maximum absolute atomic E-state index is 14.0. The summed E-state index contributed by atoms with van der Waals surface area (Å²) < 4.78 is 15.4. The molecule has 8 nitrogen and oxygen atoms in total. The second-order valence-electron chi connectivity index (χ2n) is 7.15. The Morgan fingerprint density at radius 3 is 2.65 bits per heavy atom. The van der Waals surface area contributed by atoms with Gasteiger partial charge in [-0.05, 0) is 29.8 Å². The van der Waals surface area contributed by atoms with E-state index in [-0.39, 0.29) is 34.4 Å². The van der Waals surface area contributed by atoms with Crippen LogP contribution in [0.5, 0.6) is 0 Å². The molecule has 11 heteroatoms. The van der Waals surface area contributed by atoms with Crippen molar-refractivity contribution in [2.24, 2.45) is 0 Å². The number of carbonyl (C=O) groups excluding carboxylic acids is 1. The number of amides is 1. The number of nitrogens with zero attached hydrogens (tertiary/aromatic N) is 3. The Labute approximate surface area is 201 Å². The number of aromatic nitrogens is 2. The molecule has 1 N–H and O–H groups in total. The van der Waals surface area contributed by atoms with Crippen LogP contribution in [-0.2, 0) is 11.3 Å². The summed E-state index contributed by atoms with van der Waals surface area (Å²) in [4.78, 5) is 40.5. The van der Waals surface area contributed by atoms with Crippen LogP contribution in [0, 0.1) is 15.9 Å². The number of thioether (sulfide) groups is 1. The van der Waals surface area contributed by atoms with Gasteiger partial charge in [0, 0.05) is 17.2 Å². The SMILES string of the molecule is O=C(CSc1nc2ccccc2c(=O)n1Cc1ccccc1Cl)Nc1cc([N+](=O)[O-])ccc1F. The topological polar surface area (TPSA) is 107 Å². The van der Waals surface area contributed by atoms with E-state index in [1.54, 1.807) is 48.5 Å². The van der Waals surface area contributed by atoms with Gasteiger partial charge in [-0.2, -0.15) is 0 Å². The molecule has 0 unspecified atom stereocenters. The summed E-state index contributed by atoms with van der Waals surface area (Å²) in [5.74, 6) is -1.63. The predicted octanol–water partition coefficient (Wildman–Crippen LogP) is 4.88. The summed E-state index contributed by atoms with van der Waals surface area (Å²) in [7, 11) is 0. The molecule has 0 radical (unpaired) electrons. The van der Waals surface area contributed by atoms with Gasteiger partial charge in [0.25, 0.3) is 11.2 Å². The molecule has 4 aromatic rings. The Bertz CT molecular complexity index is 1480. The smallest absolute Gasteiger partial charge is 0.271 e. The van der Waals surface area contributed by atoms with Gasteiger partial charge in [0.05, 0.1) is 33.8 Å². The van der Waals surface area contributed by atoms with Gasteiger partial charge in [0.1, 0.15) is 5.82 Å². The van der Waals surface area contributed by atoms with Crippen molar-refractivity contribution in [1.29, 1.82) is 0 Å². The van der Waals surface area contributed by atoms with Crippen molar-refractivity contribution in [3.05, 3.63) is 104 Å². The number of para-hydroxylation sites is 1. The van der Waals surface area contributed by atoms with Crippen LogP contribution in [0.4, 0.5) is 15.8 Å². The van der Waals surface area contributed by atoms with Crippen LogP contribution in [0.15, 0.2) is 76.7 Å². The number of carbonyl (C=O) groups is 1. The van der Waals surface area contributed by atoms with E-state index in [1.165, 1.54) is 4.57 Å². The van der Waals surface area contributed by atoms with E-state index < -0.39 is 16.6 Å². The van der Waals surface area contributed by atoms with E-state index in [4.69, 9.17) is 11.6 Å². The van der Waals surface area contributed by atoms with Crippen molar-refractivity contribution in [3.8, 4) is 0 Å². The van der Waals surface area contributed by atoms with Crippen LogP contribution in [0.25, 0.3) is 10.9 Å². The quantitative estimate of drug-likeness (QED) is 0.168. The molecule has 1 aromatic heterocycles. The fraction of sp³-hybridized carbons (Fsp3) is 0.0870. The highest BCUT2D eigenvalue weighted by atomic mass is 35.5. The zero-order valence-electron chi connectivity index (χ0n) is 17.4. The van der Waals surface area contributed by atoms with Crippen molar-refractivity contribution in [2.75, 3.05) is 11.1 Å². The highest BCUT2D eigenvalue weighted by Crippen LogP contribution is 2.24. The second kappa shape index (κ2) is 10.0. The Hall–Kier alpha value is -3.76. The lowest BCUT2D eigenvalue weighted by Crippen LogP contribution is -2.25.